The Morgan fingerprint density at radius 2 is 2.11 bits per heavy atom. The molecule has 1 aliphatic rings. The molecule has 18 heavy (non-hydrogen) atoms. The number of hydrogen-bond donors (Lipinski definition) is 0. The first-order valence-electron chi connectivity index (χ1n) is 5.01. The second-order valence-electron chi connectivity index (χ2n) is 3.87. The molecular weight excluding hydrogens is 277 g/mol. The molecule has 0 aromatic rings. The minimum absolute atomic E-state index is 0.0484. The molecule has 0 bridgehead atoms. The molecule has 1 aliphatic carbocycles. The molecule has 9 heteroatoms. The van der Waals surface area contributed by atoms with Crippen LogP contribution in [0.3, 0.4) is 0 Å². The van der Waals surface area contributed by atoms with Crippen LogP contribution in [-0.2, 0) is 19.1 Å². The lowest BCUT2D eigenvalue weighted by atomic mass is 9.91. The summed E-state index contributed by atoms with van der Waals surface area (Å²) in [5, 5.41) is 10.3. The average Bonchev–Trinajstić information content (AvgIpc) is 2.18. The molecule has 0 aromatic heterocycles. The maximum Gasteiger partial charge on any atom is 0.534 e. The molecule has 5 nitrogen and oxygen atoms in total. The fourth-order valence-electron chi connectivity index (χ4n) is 1.55. The van der Waals surface area contributed by atoms with Crippen LogP contribution in [-0.4, -0.2) is 19.9 Å². The van der Waals surface area contributed by atoms with Gasteiger partial charge < -0.3 is 14.1 Å². The van der Waals surface area contributed by atoms with E-state index in [2.05, 4.69) is 4.18 Å². The summed E-state index contributed by atoms with van der Waals surface area (Å²) in [6.45, 7) is 0. The molecule has 0 amide bonds. The Balaban J connectivity index is 2.62. The lowest BCUT2D eigenvalue weighted by Crippen LogP contribution is -2.27. The van der Waals surface area contributed by atoms with Gasteiger partial charge in [-0.2, -0.15) is 21.6 Å². The van der Waals surface area contributed by atoms with Crippen molar-refractivity contribution in [2.75, 3.05) is 0 Å². The highest BCUT2D eigenvalue weighted by molar-refractivity contribution is 7.87. The number of allylic oxidation sites excluding steroid dienone is 2. The third kappa shape index (κ3) is 3.90. The summed E-state index contributed by atoms with van der Waals surface area (Å²) in [6, 6.07) is 0. The Morgan fingerprint density at radius 1 is 1.50 bits per heavy atom. The number of alkyl halides is 3. The molecule has 1 rings (SSSR count). The molecule has 0 N–H and O–H groups in total. The molecule has 0 saturated carbocycles. The third-order valence-corrected chi connectivity index (χ3v) is 3.43. The fraction of sp³-hybridized carbons (Fsp3) is 0.667. The minimum atomic E-state index is -5.63. The van der Waals surface area contributed by atoms with E-state index >= 15 is 0 Å². The maximum absolute atomic E-state index is 12.0. The van der Waals surface area contributed by atoms with E-state index in [0.29, 0.717) is 0 Å². The highest BCUT2D eigenvalue weighted by atomic mass is 32.2. The van der Waals surface area contributed by atoms with Crippen LogP contribution in [0.25, 0.3) is 0 Å². The number of aliphatic carboxylic acids is 1. The number of rotatable bonds is 4. The first-order chi connectivity index (χ1) is 8.12. The Labute approximate surface area is 101 Å². The zero-order valence-corrected chi connectivity index (χ0v) is 9.88. The van der Waals surface area contributed by atoms with Gasteiger partial charge in [-0.05, 0) is 31.3 Å². The van der Waals surface area contributed by atoms with E-state index < -0.39 is 21.6 Å². The van der Waals surface area contributed by atoms with Crippen LogP contribution < -0.4 is 5.11 Å². The summed E-state index contributed by atoms with van der Waals surface area (Å²) in [4.78, 5) is 10.3. The van der Waals surface area contributed by atoms with Gasteiger partial charge in [0.05, 0.1) is 0 Å². The molecule has 0 fully saturated rings. The van der Waals surface area contributed by atoms with Crippen molar-refractivity contribution in [1.29, 1.82) is 0 Å². The van der Waals surface area contributed by atoms with Crippen molar-refractivity contribution in [3.8, 4) is 0 Å². The molecule has 1 atom stereocenters. The monoisotopic (exact) mass is 287 g/mol. The molecule has 0 saturated heterocycles. The lowest BCUT2D eigenvalue weighted by molar-refractivity contribution is -0.306. The van der Waals surface area contributed by atoms with E-state index in [-0.39, 0.29) is 37.4 Å². The van der Waals surface area contributed by atoms with Crippen LogP contribution >= 0.6 is 0 Å². The van der Waals surface area contributed by atoms with Crippen LogP contribution in [0.5, 0.6) is 0 Å². The Hall–Kier alpha value is -1.25. The average molecular weight is 287 g/mol. The second-order valence-corrected chi connectivity index (χ2v) is 5.41. The van der Waals surface area contributed by atoms with Gasteiger partial charge in [0.2, 0.25) is 0 Å². The van der Waals surface area contributed by atoms with Gasteiger partial charge >= 0.3 is 15.6 Å². The summed E-state index contributed by atoms with van der Waals surface area (Å²) in [6.07, 6.45) is 1.30. The van der Waals surface area contributed by atoms with Gasteiger partial charge in [0.25, 0.3) is 0 Å². The van der Waals surface area contributed by atoms with Gasteiger partial charge in [-0.25, -0.2) is 0 Å². The van der Waals surface area contributed by atoms with Crippen LogP contribution in [0, 0.1) is 5.92 Å². The molecule has 0 spiro atoms. The van der Waals surface area contributed by atoms with Gasteiger partial charge in [0, 0.05) is 12.4 Å². The lowest BCUT2D eigenvalue weighted by Gasteiger charge is -2.22. The van der Waals surface area contributed by atoms with Crippen molar-refractivity contribution in [2.24, 2.45) is 5.92 Å². The van der Waals surface area contributed by atoms with Gasteiger partial charge in [0.1, 0.15) is 5.76 Å². The molecule has 0 aromatic carbocycles. The van der Waals surface area contributed by atoms with Crippen LogP contribution in [0.1, 0.15) is 25.7 Å². The standard InChI is InChI=1S/C9H11F3O5S/c10-9(11,12)18(15,16)17-7-3-1-6(2-4-7)5-8(13)14/h3,6H,1-2,4-5H2,(H,13,14)/p-1. The zero-order valence-electron chi connectivity index (χ0n) is 9.07. The molecule has 1 unspecified atom stereocenters. The quantitative estimate of drug-likeness (QED) is 0.560. The second kappa shape index (κ2) is 5.17. The zero-order chi connectivity index (χ0) is 14.0. The Kier molecular flexibility index (Phi) is 4.25. The molecule has 0 heterocycles. The van der Waals surface area contributed by atoms with Crippen LogP contribution in [0.15, 0.2) is 11.8 Å². The summed E-state index contributed by atoms with van der Waals surface area (Å²) in [5.41, 5.74) is -5.46. The van der Waals surface area contributed by atoms with Crippen molar-refractivity contribution < 1.29 is 35.7 Å². The van der Waals surface area contributed by atoms with E-state index in [1.165, 1.54) is 6.08 Å². The van der Waals surface area contributed by atoms with E-state index in [1.54, 1.807) is 0 Å². The Bertz CT molecular complexity index is 451. The summed E-state index contributed by atoms with van der Waals surface area (Å²) >= 11 is 0. The highest BCUT2D eigenvalue weighted by Gasteiger charge is 2.48. The third-order valence-electron chi connectivity index (χ3n) is 2.43. The van der Waals surface area contributed by atoms with Gasteiger partial charge in [-0.15, -0.1) is 0 Å². The predicted octanol–water partition coefficient (Wildman–Crippen LogP) is 0.677. The highest BCUT2D eigenvalue weighted by Crippen LogP contribution is 2.31. The number of carbonyl (C=O) groups is 1. The van der Waals surface area contributed by atoms with E-state index in [1.807, 2.05) is 0 Å². The first-order valence-corrected chi connectivity index (χ1v) is 6.42. The number of hydrogen-bond acceptors (Lipinski definition) is 5. The number of carboxylic acid groups (broad SMARTS) is 1. The predicted molar refractivity (Wildman–Crippen MR) is 51.1 cm³/mol. The maximum atomic E-state index is 12.0. The molecule has 0 radical (unpaired) electrons. The molecular formula is C9H10F3O5S-. The minimum Gasteiger partial charge on any atom is -0.550 e. The number of carboxylic acids is 1. The summed E-state index contributed by atoms with van der Waals surface area (Å²) in [7, 11) is -5.63. The topological polar surface area (TPSA) is 83.5 Å². The van der Waals surface area contributed by atoms with Gasteiger partial charge in [-0.1, -0.05) is 0 Å². The first kappa shape index (κ1) is 14.8. The number of halogens is 3. The van der Waals surface area contributed by atoms with E-state index in [0.717, 1.165) is 0 Å². The molecule has 104 valence electrons. The van der Waals surface area contributed by atoms with E-state index in [9.17, 15) is 31.5 Å². The van der Waals surface area contributed by atoms with Crippen molar-refractivity contribution in [3.63, 3.8) is 0 Å². The van der Waals surface area contributed by atoms with E-state index in [4.69, 9.17) is 0 Å². The van der Waals surface area contributed by atoms with Crippen molar-refractivity contribution >= 4 is 16.1 Å². The van der Waals surface area contributed by atoms with Crippen LogP contribution in [0.2, 0.25) is 0 Å². The summed E-state index contributed by atoms with van der Waals surface area (Å²) < 4.78 is 61.3. The van der Waals surface area contributed by atoms with Crippen molar-refractivity contribution in [2.45, 2.75) is 31.2 Å². The normalized spacial score (nSPS) is 21.3. The SMILES string of the molecule is O=C([O-])CC1CC=C(OS(=O)(=O)C(F)(F)F)CC1. The van der Waals surface area contributed by atoms with Crippen molar-refractivity contribution in [3.05, 3.63) is 11.8 Å². The van der Waals surface area contributed by atoms with Crippen molar-refractivity contribution in [1.82, 2.24) is 0 Å². The van der Waals surface area contributed by atoms with Crippen LogP contribution in [0.4, 0.5) is 13.2 Å². The van der Waals surface area contributed by atoms with Gasteiger partial charge in [-0.3, -0.25) is 0 Å². The smallest absolute Gasteiger partial charge is 0.534 e. The number of carbonyl (C=O) groups excluding carboxylic acids is 1. The summed E-state index contributed by atoms with van der Waals surface area (Å²) in [5.74, 6) is -1.82. The molecule has 0 aliphatic heterocycles. The Morgan fingerprint density at radius 3 is 2.50 bits per heavy atom. The van der Waals surface area contributed by atoms with Gasteiger partial charge in [0.15, 0.2) is 0 Å². The largest absolute Gasteiger partial charge is 0.550 e. The fourth-order valence-corrected chi connectivity index (χ4v) is 2.08.